The molecule has 0 saturated heterocycles. The average molecular weight is 263 g/mol. The number of fused-ring (bicyclic) bond motifs is 1. The van der Waals surface area contributed by atoms with Gasteiger partial charge in [0.25, 0.3) is 0 Å². The van der Waals surface area contributed by atoms with E-state index in [1.54, 1.807) is 17.4 Å². The Hall–Kier alpha value is -1.62. The third kappa shape index (κ3) is 2.06. The molecule has 94 valence electrons. The number of thiazole rings is 1. The monoisotopic (exact) mass is 263 g/mol. The van der Waals surface area contributed by atoms with Crippen LogP contribution in [0.15, 0.2) is 18.2 Å². The minimum atomic E-state index is -0.968. The van der Waals surface area contributed by atoms with E-state index >= 15 is 0 Å². The van der Waals surface area contributed by atoms with E-state index in [-0.39, 0.29) is 0 Å². The number of hydrogen-bond donors (Lipinski definition) is 1. The maximum Gasteiger partial charge on any atom is 0.344 e. The van der Waals surface area contributed by atoms with Crippen LogP contribution in [0.25, 0.3) is 10.2 Å². The molecule has 0 bridgehead atoms. The molecule has 1 N–H and O–H groups in total. The minimum absolute atomic E-state index is 0.561. The van der Waals surface area contributed by atoms with Crippen LogP contribution in [-0.4, -0.2) is 22.2 Å². The van der Waals surface area contributed by atoms with Crippen molar-refractivity contribution in [2.45, 2.75) is 31.8 Å². The molecule has 1 aromatic heterocycles. The lowest BCUT2D eigenvalue weighted by molar-refractivity contribution is -0.144. The van der Waals surface area contributed by atoms with Crippen LogP contribution in [0.1, 0.15) is 30.7 Å². The first-order valence-electron chi connectivity index (χ1n) is 5.94. The van der Waals surface area contributed by atoms with Crippen LogP contribution in [0.3, 0.4) is 0 Å². The van der Waals surface area contributed by atoms with E-state index in [1.807, 2.05) is 12.1 Å². The van der Waals surface area contributed by atoms with Gasteiger partial charge in [-0.15, -0.1) is 11.3 Å². The zero-order valence-electron chi connectivity index (χ0n) is 9.92. The van der Waals surface area contributed by atoms with Gasteiger partial charge in [0.2, 0.25) is 0 Å². The number of para-hydroxylation sites is 1. The van der Waals surface area contributed by atoms with Crippen LogP contribution in [0.4, 0.5) is 0 Å². The summed E-state index contributed by atoms with van der Waals surface area (Å²) in [6.07, 6.45) is 1.56. The molecule has 1 atom stereocenters. The van der Waals surface area contributed by atoms with Gasteiger partial charge >= 0.3 is 5.97 Å². The highest BCUT2D eigenvalue weighted by Crippen LogP contribution is 2.44. The Kier molecular flexibility index (Phi) is 2.70. The van der Waals surface area contributed by atoms with Crippen LogP contribution in [-0.2, 0) is 4.79 Å². The lowest BCUT2D eigenvalue weighted by atomic mass is 10.3. The highest BCUT2D eigenvalue weighted by Gasteiger charge is 2.27. The van der Waals surface area contributed by atoms with E-state index in [0.29, 0.717) is 11.7 Å². The van der Waals surface area contributed by atoms with Crippen molar-refractivity contribution in [3.8, 4) is 5.75 Å². The molecule has 1 unspecified atom stereocenters. The number of hydrogen-bond acceptors (Lipinski definition) is 4. The van der Waals surface area contributed by atoms with Gasteiger partial charge < -0.3 is 9.84 Å². The second-order valence-electron chi connectivity index (χ2n) is 4.53. The maximum absolute atomic E-state index is 10.8. The molecule has 5 heteroatoms. The lowest BCUT2D eigenvalue weighted by Crippen LogP contribution is -2.22. The van der Waals surface area contributed by atoms with Crippen molar-refractivity contribution in [3.63, 3.8) is 0 Å². The summed E-state index contributed by atoms with van der Waals surface area (Å²) in [6.45, 7) is 1.52. The fourth-order valence-electron chi connectivity index (χ4n) is 1.78. The number of carboxylic acids is 1. The first kappa shape index (κ1) is 11.5. The molecule has 2 aromatic rings. The van der Waals surface area contributed by atoms with E-state index < -0.39 is 12.1 Å². The fourth-order valence-corrected chi connectivity index (χ4v) is 2.94. The van der Waals surface area contributed by atoms with Gasteiger partial charge in [0.15, 0.2) is 6.10 Å². The minimum Gasteiger partial charge on any atom is -0.479 e. The number of benzene rings is 1. The zero-order chi connectivity index (χ0) is 12.7. The molecule has 0 amide bonds. The van der Waals surface area contributed by atoms with Gasteiger partial charge in [0, 0.05) is 5.92 Å². The largest absolute Gasteiger partial charge is 0.479 e. The molecular formula is C13H13NO3S. The van der Waals surface area contributed by atoms with Crippen LogP contribution in [0.2, 0.25) is 0 Å². The molecule has 3 rings (SSSR count). The standard InChI is InChI=1S/C13H13NO3S/c1-7(13(15)16)17-9-3-2-4-10-11(9)14-12(18-10)8-5-6-8/h2-4,7-8H,5-6H2,1H3,(H,15,16). The molecule has 4 nitrogen and oxygen atoms in total. The van der Waals surface area contributed by atoms with E-state index in [9.17, 15) is 4.79 Å². The molecule has 1 aliphatic carbocycles. The van der Waals surface area contributed by atoms with Crippen LogP contribution in [0, 0.1) is 0 Å². The lowest BCUT2D eigenvalue weighted by Gasteiger charge is -2.10. The summed E-state index contributed by atoms with van der Waals surface area (Å²) in [5.41, 5.74) is 0.789. The van der Waals surface area contributed by atoms with Crippen LogP contribution in [0.5, 0.6) is 5.75 Å². The van der Waals surface area contributed by atoms with Gasteiger partial charge in [-0.05, 0) is 31.9 Å². The third-order valence-corrected chi connectivity index (χ3v) is 4.16. The molecular weight excluding hydrogens is 250 g/mol. The molecule has 0 radical (unpaired) electrons. The smallest absolute Gasteiger partial charge is 0.344 e. The van der Waals surface area contributed by atoms with E-state index in [4.69, 9.17) is 9.84 Å². The SMILES string of the molecule is CC(Oc1cccc2sc(C3CC3)nc12)C(=O)O. The van der Waals surface area contributed by atoms with Gasteiger partial charge in [-0.1, -0.05) is 6.07 Å². The number of nitrogens with zero attached hydrogens (tertiary/aromatic N) is 1. The van der Waals surface area contributed by atoms with Crippen molar-refractivity contribution in [1.82, 2.24) is 4.98 Å². The van der Waals surface area contributed by atoms with Crippen molar-refractivity contribution in [3.05, 3.63) is 23.2 Å². The Labute approximate surface area is 108 Å². The highest BCUT2D eigenvalue weighted by atomic mass is 32.1. The summed E-state index contributed by atoms with van der Waals surface area (Å²) in [5.74, 6) is 0.197. The Morgan fingerprint density at radius 3 is 3.00 bits per heavy atom. The van der Waals surface area contributed by atoms with Crippen molar-refractivity contribution >= 4 is 27.5 Å². The Morgan fingerprint density at radius 1 is 1.56 bits per heavy atom. The van der Waals surface area contributed by atoms with Crippen LogP contribution >= 0.6 is 11.3 Å². The predicted molar refractivity (Wildman–Crippen MR) is 69.3 cm³/mol. The number of aromatic nitrogens is 1. The van der Waals surface area contributed by atoms with E-state index in [0.717, 1.165) is 15.2 Å². The molecule has 0 aliphatic heterocycles. The Balaban J connectivity index is 1.97. The zero-order valence-corrected chi connectivity index (χ0v) is 10.7. The first-order valence-corrected chi connectivity index (χ1v) is 6.75. The summed E-state index contributed by atoms with van der Waals surface area (Å²) < 4.78 is 6.51. The molecule has 1 aliphatic rings. The second-order valence-corrected chi connectivity index (χ2v) is 5.59. The highest BCUT2D eigenvalue weighted by molar-refractivity contribution is 7.18. The summed E-state index contributed by atoms with van der Waals surface area (Å²) >= 11 is 1.68. The predicted octanol–water partition coefficient (Wildman–Crippen LogP) is 3.03. The van der Waals surface area contributed by atoms with Crippen molar-refractivity contribution < 1.29 is 14.6 Å². The van der Waals surface area contributed by atoms with Gasteiger partial charge in [-0.2, -0.15) is 0 Å². The summed E-state index contributed by atoms with van der Waals surface area (Å²) in [4.78, 5) is 15.4. The summed E-state index contributed by atoms with van der Waals surface area (Å²) in [6, 6.07) is 5.65. The first-order chi connectivity index (χ1) is 8.65. The fraction of sp³-hybridized carbons (Fsp3) is 0.385. The van der Waals surface area contributed by atoms with Gasteiger partial charge in [0.05, 0.1) is 9.71 Å². The topological polar surface area (TPSA) is 59.4 Å². The quantitative estimate of drug-likeness (QED) is 0.921. The van der Waals surface area contributed by atoms with Gasteiger partial charge in [-0.3, -0.25) is 0 Å². The molecule has 0 spiro atoms. The molecule has 1 saturated carbocycles. The number of carboxylic acid groups (broad SMARTS) is 1. The maximum atomic E-state index is 10.8. The molecule has 18 heavy (non-hydrogen) atoms. The van der Waals surface area contributed by atoms with E-state index in [2.05, 4.69) is 4.98 Å². The van der Waals surface area contributed by atoms with Crippen molar-refractivity contribution in [1.29, 1.82) is 0 Å². The van der Waals surface area contributed by atoms with Gasteiger partial charge in [-0.25, -0.2) is 9.78 Å². The molecule has 1 heterocycles. The molecule has 1 aromatic carbocycles. The number of ether oxygens (including phenoxy) is 1. The van der Waals surface area contributed by atoms with Gasteiger partial charge in [0.1, 0.15) is 11.3 Å². The third-order valence-electron chi connectivity index (χ3n) is 2.98. The Morgan fingerprint density at radius 2 is 2.33 bits per heavy atom. The number of aliphatic carboxylic acids is 1. The average Bonchev–Trinajstić information content (AvgIpc) is 3.09. The normalized spacial score (nSPS) is 16.7. The Bertz CT molecular complexity index is 603. The number of carbonyl (C=O) groups is 1. The van der Waals surface area contributed by atoms with Crippen LogP contribution < -0.4 is 4.74 Å². The number of rotatable bonds is 4. The van der Waals surface area contributed by atoms with E-state index in [1.165, 1.54) is 19.8 Å². The second kappa shape index (κ2) is 4.24. The van der Waals surface area contributed by atoms with Crippen molar-refractivity contribution in [2.24, 2.45) is 0 Å². The summed E-state index contributed by atoms with van der Waals surface area (Å²) in [7, 11) is 0. The molecule has 1 fully saturated rings. The van der Waals surface area contributed by atoms with Crippen molar-refractivity contribution in [2.75, 3.05) is 0 Å². The summed E-state index contributed by atoms with van der Waals surface area (Å²) in [5, 5.41) is 10.0.